The second-order valence-corrected chi connectivity index (χ2v) is 7.68. The fourth-order valence-electron chi connectivity index (χ4n) is 3.85. The minimum Gasteiger partial charge on any atom is -0.325 e. The molecule has 2 nitrogen and oxygen atoms in total. The number of ketones is 1. The number of hydrogen-bond acceptors (Lipinski definition) is 2. The van der Waals surface area contributed by atoms with E-state index in [1.165, 1.54) is 11.1 Å². The molecular formula is C25H25NO. The van der Waals surface area contributed by atoms with Crippen LogP contribution in [-0.4, -0.2) is 11.3 Å². The van der Waals surface area contributed by atoms with E-state index in [1.807, 2.05) is 36.4 Å². The third kappa shape index (κ3) is 4.17. The van der Waals surface area contributed by atoms with Crippen molar-refractivity contribution in [2.45, 2.75) is 37.1 Å². The second-order valence-electron chi connectivity index (χ2n) is 7.68. The molecule has 0 saturated heterocycles. The lowest BCUT2D eigenvalue weighted by molar-refractivity contribution is 0.0993. The molecule has 0 heterocycles. The van der Waals surface area contributed by atoms with Gasteiger partial charge in [0.15, 0.2) is 5.78 Å². The van der Waals surface area contributed by atoms with Crippen LogP contribution in [0.2, 0.25) is 0 Å². The molecule has 1 aliphatic carbocycles. The van der Waals surface area contributed by atoms with Gasteiger partial charge in [0.05, 0.1) is 0 Å². The monoisotopic (exact) mass is 355 g/mol. The Balaban J connectivity index is 1.35. The number of carbonyl (C=O) groups excluding carboxylic acids is 1. The Kier molecular flexibility index (Phi) is 4.91. The lowest BCUT2D eigenvalue weighted by atomic mass is 9.97. The van der Waals surface area contributed by atoms with Crippen LogP contribution in [-0.2, 0) is 12.8 Å². The highest BCUT2D eigenvalue weighted by Gasteiger charge is 2.50. The molecule has 0 bridgehead atoms. The summed E-state index contributed by atoms with van der Waals surface area (Å²) in [6.07, 6.45) is 3.52. The topological polar surface area (TPSA) is 43.1 Å². The minimum atomic E-state index is -0.0861. The Labute approximate surface area is 161 Å². The zero-order valence-corrected chi connectivity index (χ0v) is 15.5. The number of aryl methyl sites for hydroxylation is 1. The van der Waals surface area contributed by atoms with Crippen molar-refractivity contribution in [1.29, 1.82) is 0 Å². The van der Waals surface area contributed by atoms with Crippen molar-refractivity contribution >= 4 is 5.78 Å². The van der Waals surface area contributed by atoms with Crippen LogP contribution in [0.25, 0.3) is 0 Å². The summed E-state index contributed by atoms with van der Waals surface area (Å²) in [5, 5.41) is 0. The van der Waals surface area contributed by atoms with Gasteiger partial charge in [-0.25, -0.2) is 0 Å². The van der Waals surface area contributed by atoms with Crippen LogP contribution in [0.15, 0.2) is 84.9 Å². The van der Waals surface area contributed by atoms with Gasteiger partial charge in [-0.2, -0.15) is 0 Å². The first-order valence-electron chi connectivity index (χ1n) is 9.64. The van der Waals surface area contributed by atoms with Crippen LogP contribution in [0.4, 0.5) is 0 Å². The molecule has 2 N–H and O–H groups in total. The zero-order valence-electron chi connectivity index (χ0n) is 15.5. The summed E-state index contributed by atoms with van der Waals surface area (Å²) in [6, 6.07) is 28.5. The number of rotatable bonds is 7. The van der Waals surface area contributed by atoms with Gasteiger partial charge in [0, 0.05) is 23.4 Å². The van der Waals surface area contributed by atoms with Crippen LogP contribution in [0.5, 0.6) is 0 Å². The molecule has 2 heteroatoms. The molecule has 0 radical (unpaired) electrons. The lowest BCUT2D eigenvalue weighted by Crippen LogP contribution is -2.25. The first kappa shape index (κ1) is 17.7. The predicted molar refractivity (Wildman–Crippen MR) is 110 cm³/mol. The van der Waals surface area contributed by atoms with Gasteiger partial charge in [-0.3, -0.25) is 4.79 Å². The van der Waals surface area contributed by atoms with E-state index in [4.69, 9.17) is 5.73 Å². The average molecular weight is 355 g/mol. The number of benzene rings is 3. The van der Waals surface area contributed by atoms with E-state index in [0.717, 1.165) is 30.4 Å². The van der Waals surface area contributed by atoms with Crippen molar-refractivity contribution in [3.63, 3.8) is 0 Å². The smallest absolute Gasteiger partial charge is 0.167 e. The number of nitrogens with two attached hydrogens (primary N) is 1. The van der Waals surface area contributed by atoms with E-state index in [9.17, 15) is 4.79 Å². The quantitative estimate of drug-likeness (QED) is 0.611. The largest absolute Gasteiger partial charge is 0.325 e. The first-order chi connectivity index (χ1) is 13.1. The molecule has 1 fully saturated rings. The van der Waals surface area contributed by atoms with Crippen LogP contribution in [0, 0.1) is 0 Å². The summed E-state index contributed by atoms with van der Waals surface area (Å²) in [4.78, 5) is 12.3. The van der Waals surface area contributed by atoms with Gasteiger partial charge in [-0.05, 0) is 36.0 Å². The Morgan fingerprint density at radius 1 is 0.852 bits per heavy atom. The number of carbonyl (C=O) groups is 1. The van der Waals surface area contributed by atoms with Crippen molar-refractivity contribution in [3.8, 4) is 0 Å². The van der Waals surface area contributed by atoms with Gasteiger partial charge < -0.3 is 5.73 Å². The lowest BCUT2D eigenvalue weighted by Gasteiger charge is -2.12. The summed E-state index contributed by atoms with van der Waals surface area (Å²) in [5.41, 5.74) is 11.0. The normalized spacial score (nSPS) is 21.0. The van der Waals surface area contributed by atoms with Gasteiger partial charge in [-0.15, -0.1) is 0 Å². The molecule has 136 valence electrons. The van der Waals surface area contributed by atoms with Gasteiger partial charge in [0.2, 0.25) is 0 Å². The highest BCUT2D eigenvalue weighted by Crippen LogP contribution is 2.52. The minimum absolute atomic E-state index is 0.0861. The maximum absolute atomic E-state index is 12.3. The Morgan fingerprint density at radius 2 is 1.48 bits per heavy atom. The van der Waals surface area contributed by atoms with E-state index in [2.05, 4.69) is 48.5 Å². The average Bonchev–Trinajstić information content (AvgIpc) is 3.40. The van der Waals surface area contributed by atoms with Crippen LogP contribution < -0.4 is 5.73 Å². The zero-order chi connectivity index (χ0) is 18.7. The molecule has 0 spiro atoms. The van der Waals surface area contributed by atoms with E-state index < -0.39 is 0 Å². The second kappa shape index (κ2) is 7.50. The highest BCUT2D eigenvalue weighted by molar-refractivity contribution is 5.97. The molecule has 3 aromatic rings. The molecule has 0 aliphatic heterocycles. The van der Waals surface area contributed by atoms with Crippen LogP contribution in [0.1, 0.15) is 45.8 Å². The fraction of sp³-hybridized carbons (Fsp3) is 0.240. The van der Waals surface area contributed by atoms with Crippen molar-refractivity contribution < 1.29 is 4.79 Å². The molecule has 1 saturated carbocycles. The molecule has 3 aromatic carbocycles. The molecule has 1 aliphatic rings. The summed E-state index contributed by atoms with van der Waals surface area (Å²) in [6.45, 7) is 0. The molecule has 0 unspecified atom stereocenters. The van der Waals surface area contributed by atoms with Crippen molar-refractivity contribution in [2.75, 3.05) is 0 Å². The van der Waals surface area contributed by atoms with Gasteiger partial charge >= 0.3 is 0 Å². The predicted octanol–water partition coefficient (Wildman–Crippen LogP) is 4.93. The maximum Gasteiger partial charge on any atom is 0.167 e. The molecular weight excluding hydrogens is 330 g/mol. The first-order valence-corrected chi connectivity index (χ1v) is 9.64. The fourth-order valence-corrected chi connectivity index (χ4v) is 3.85. The third-order valence-corrected chi connectivity index (χ3v) is 5.68. The van der Waals surface area contributed by atoms with E-state index in [-0.39, 0.29) is 11.3 Å². The van der Waals surface area contributed by atoms with Gasteiger partial charge in [0.1, 0.15) is 0 Å². The SMILES string of the molecule is N[C@]1(CCc2ccccc2)C[C@H]1c1ccc(CC(=O)c2ccccc2)cc1. The van der Waals surface area contributed by atoms with Crippen molar-refractivity contribution in [1.82, 2.24) is 0 Å². The summed E-state index contributed by atoms with van der Waals surface area (Å²) < 4.78 is 0. The molecule has 4 rings (SSSR count). The summed E-state index contributed by atoms with van der Waals surface area (Å²) in [7, 11) is 0. The number of hydrogen-bond donors (Lipinski definition) is 1. The highest BCUT2D eigenvalue weighted by atomic mass is 16.1. The number of Topliss-reactive ketones (excluding diaryl/α,β-unsaturated/α-hetero) is 1. The molecule has 27 heavy (non-hydrogen) atoms. The van der Waals surface area contributed by atoms with Crippen LogP contribution >= 0.6 is 0 Å². The maximum atomic E-state index is 12.3. The summed E-state index contributed by atoms with van der Waals surface area (Å²) >= 11 is 0. The van der Waals surface area contributed by atoms with Crippen LogP contribution in [0.3, 0.4) is 0 Å². The summed E-state index contributed by atoms with van der Waals surface area (Å²) in [5.74, 6) is 0.589. The van der Waals surface area contributed by atoms with E-state index >= 15 is 0 Å². The van der Waals surface area contributed by atoms with Crippen molar-refractivity contribution in [3.05, 3.63) is 107 Å². The van der Waals surface area contributed by atoms with Gasteiger partial charge in [0.25, 0.3) is 0 Å². The van der Waals surface area contributed by atoms with E-state index in [0.29, 0.717) is 12.3 Å². The van der Waals surface area contributed by atoms with E-state index in [1.54, 1.807) is 0 Å². The molecule has 0 aromatic heterocycles. The Morgan fingerprint density at radius 3 is 2.15 bits per heavy atom. The van der Waals surface area contributed by atoms with Crippen molar-refractivity contribution in [2.24, 2.45) is 5.73 Å². The standard InChI is InChI=1S/C25H25NO/c26-25(16-15-19-7-3-1-4-8-19)18-23(25)21-13-11-20(12-14-21)17-24(27)22-9-5-2-6-10-22/h1-14,23H,15-18,26H2/t23-,25+/m0/s1. The molecule has 2 atom stereocenters. The molecule has 0 amide bonds. The Hall–Kier alpha value is -2.71. The third-order valence-electron chi connectivity index (χ3n) is 5.68. The van der Waals surface area contributed by atoms with Gasteiger partial charge in [-0.1, -0.05) is 84.9 Å². The Bertz CT molecular complexity index is 902.